The lowest BCUT2D eigenvalue weighted by Gasteiger charge is -2.35. The maximum absolute atomic E-state index is 12.7. The molecule has 1 aromatic heterocycles. The minimum Gasteiger partial charge on any atom is -0.350 e. The maximum atomic E-state index is 12.7. The fraction of sp³-hybridized carbons (Fsp3) is 0.389. The van der Waals surface area contributed by atoms with Crippen LogP contribution in [0.2, 0.25) is 0 Å². The third-order valence-electron chi connectivity index (χ3n) is 4.45. The summed E-state index contributed by atoms with van der Waals surface area (Å²) in [6.45, 7) is -0.238. The fourth-order valence-electron chi connectivity index (χ4n) is 2.93. The van der Waals surface area contributed by atoms with E-state index in [1.807, 2.05) is 0 Å². The SMILES string of the molecule is O=C(COC(F)(F)F)N1CCN(c2nccnc2Nc2ccc(C(F)(F)F)cc2)CC1. The molecule has 0 spiro atoms. The molecule has 0 aliphatic carbocycles. The van der Waals surface area contributed by atoms with Gasteiger partial charge in [0.2, 0.25) is 5.91 Å². The molecule has 1 saturated heterocycles. The number of piperazine rings is 1. The summed E-state index contributed by atoms with van der Waals surface area (Å²) in [6, 6.07) is 4.40. The van der Waals surface area contributed by atoms with Gasteiger partial charge in [-0.25, -0.2) is 9.97 Å². The normalized spacial score (nSPS) is 15.2. The highest BCUT2D eigenvalue weighted by Gasteiger charge is 2.32. The Balaban J connectivity index is 1.63. The summed E-state index contributed by atoms with van der Waals surface area (Å²) in [5.74, 6) is -0.0808. The number of anilines is 3. The van der Waals surface area contributed by atoms with Crippen LogP contribution >= 0.6 is 0 Å². The Kier molecular flexibility index (Phi) is 6.53. The second kappa shape index (κ2) is 8.96. The van der Waals surface area contributed by atoms with E-state index in [1.165, 1.54) is 29.4 Å². The number of hydrogen-bond donors (Lipinski definition) is 1. The third-order valence-corrected chi connectivity index (χ3v) is 4.45. The Morgan fingerprint density at radius 1 is 0.968 bits per heavy atom. The van der Waals surface area contributed by atoms with Gasteiger partial charge in [-0.1, -0.05) is 0 Å². The predicted octanol–water partition coefficient (Wildman–Crippen LogP) is 3.42. The zero-order valence-electron chi connectivity index (χ0n) is 15.9. The van der Waals surface area contributed by atoms with Crippen molar-refractivity contribution in [2.75, 3.05) is 43.0 Å². The number of hydrogen-bond acceptors (Lipinski definition) is 6. The molecule has 7 nitrogen and oxygen atoms in total. The van der Waals surface area contributed by atoms with Gasteiger partial charge in [0, 0.05) is 44.3 Å². The molecule has 0 atom stereocenters. The Hall–Kier alpha value is -3.09. The number of alkyl halides is 6. The Morgan fingerprint density at radius 3 is 2.16 bits per heavy atom. The van der Waals surface area contributed by atoms with E-state index < -0.39 is 30.6 Å². The molecule has 1 N–H and O–H groups in total. The molecule has 168 valence electrons. The average Bonchev–Trinajstić information content (AvgIpc) is 2.72. The number of amides is 1. The van der Waals surface area contributed by atoms with Crippen LogP contribution in [-0.4, -0.2) is 59.9 Å². The summed E-state index contributed by atoms with van der Waals surface area (Å²) in [7, 11) is 0. The molecule has 1 aliphatic rings. The van der Waals surface area contributed by atoms with Gasteiger partial charge in [-0.2, -0.15) is 13.2 Å². The van der Waals surface area contributed by atoms with E-state index in [1.54, 1.807) is 4.90 Å². The van der Waals surface area contributed by atoms with E-state index in [0.29, 0.717) is 17.3 Å². The van der Waals surface area contributed by atoms with Crippen molar-refractivity contribution >= 4 is 23.2 Å². The zero-order chi connectivity index (χ0) is 22.6. The molecule has 0 bridgehead atoms. The third kappa shape index (κ3) is 6.20. The highest BCUT2D eigenvalue weighted by atomic mass is 19.4. The van der Waals surface area contributed by atoms with Gasteiger partial charge in [-0.15, -0.1) is 13.2 Å². The van der Waals surface area contributed by atoms with Gasteiger partial charge in [0.05, 0.1) is 5.56 Å². The van der Waals surface area contributed by atoms with Crippen molar-refractivity contribution in [1.82, 2.24) is 14.9 Å². The topological polar surface area (TPSA) is 70.6 Å². The smallest absolute Gasteiger partial charge is 0.350 e. The zero-order valence-corrected chi connectivity index (χ0v) is 15.9. The summed E-state index contributed by atoms with van der Waals surface area (Å²) in [4.78, 5) is 23.3. The summed E-state index contributed by atoms with van der Waals surface area (Å²) >= 11 is 0. The second-order valence-electron chi connectivity index (χ2n) is 6.53. The van der Waals surface area contributed by atoms with Crippen molar-refractivity contribution in [2.24, 2.45) is 0 Å². The van der Waals surface area contributed by atoms with E-state index in [-0.39, 0.29) is 26.2 Å². The lowest BCUT2D eigenvalue weighted by Crippen LogP contribution is -2.50. The first-order chi connectivity index (χ1) is 14.5. The fourth-order valence-corrected chi connectivity index (χ4v) is 2.93. The van der Waals surface area contributed by atoms with Crippen LogP contribution in [0.25, 0.3) is 0 Å². The number of carbonyl (C=O) groups is 1. The molecule has 2 heterocycles. The van der Waals surface area contributed by atoms with Gasteiger partial charge in [0.25, 0.3) is 0 Å². The Bertz CT molecular complexity index is 896. The predicted molar refractivity (Wildman–Crippen MR) is 97.6 cm³/mol. The van der Waals surface area contributed by atoms with Gasteiger partial charge in [-0.05, 0) is 24.3 Å². The minimum absolute atomic E-state index is 0.149. The number of carbonyl (C=O) groups excluding carboxylic acids is 1. The van der Waals surface area contributed by atoms with Crippen molar-refractivity contribution in [3.8, 4) is 0 Å². The molecular formula is C18H17F6N5O2. The minimum atomic E-state index is -4.88. The molecular weight excluding hydrogens is 432 g/mol. The molecule has 1 aromatic carbocycles. The lowest BCUT2D eigenvalue weighted by atomic mass is 10.2. The van der Waals surface area contributed by atoms with E-state index in [9.17, 15) is 31.1 Å². The summed E-state index contributed by atoms with van der Waals surface area (Å²) in [5.41, 5.74) is -0.416. The number of nitrogens with zero attached hydrogens (tertiary/aromatic N) is 4. The molecule has 1 amide bonds. The van der Waals surface area contributed by atoms with Crippen LogP contribution in [-0.2, 0) is 15.7 Å². The molecule has 0 saturated carbocycles. The first-order valence-electron chi connectivity index (χ1n) is 9.01. The number of ether oxygens (including phenoxy) is 1. The van der Waals surface area contributed by atoms with Crippen molar-refractivity contribution in [2.45, 2.75) is 12.5 Å². The molecule has 0 radical (unpaired) electrons. The van der Waals surface area contributed by atoms with Crippen LogP contribution in [0.1, 0.15) is 5.56 Å². The number of benzene rings is 1. The van der Waals surface area contributed by atoms with Crippen LogP contribution in [0, 0.1) is 0 Å². The van der Waals surface area contributed by atoms with Crippen molar-refractivity contribution < 1.29 is 35.9 Å². The van der Waals surface area contributed by atoms with Gasteiger partial charge in [0.1, 0.15) is 6.61 Å². The Labute approximate surface area is 172 Å². The number of rotatable bonds is 5. The molecule has 31 heavy (non-hydrogen) atoms. The summed E-state index contributed by atoms with van der Waals surface area (Å²) in [6.07, 6.45) is -6.49. The van der Waals surface area contributed by atoms with Gasteiger partial charge in [0.15, 0.2) is 11.6 Å². The molecule has 13 heteroatoms. The standard InChI is InChI=1S/C18H17F6N5O2/c19-17(20,21)12-1-3-13(4-2-12)27-15-16(26-6-5-25-15)29-9-7-28(8-10-29)14(30)11-31-18(22,23)24/h1-6H,7-11H2,(H,25,27). The molecule has 3 rings (SSSR count). The summed E-state index contributed by atoms with van der Waals surface area (Å²) in [5, 5.41) is 2.91. The number of nitrogens with one attached hydrogen (secondary N) is 1. The van der Waals surface area contributed by atoms with Gasteiger partial charge >= 0.3 is 12.5 Å². The number of aromatic nitrogens is 2. The molecule has 1 fully saturated rings. The van der Waals surface area contributed by atoms with Gasteiger partial charge < -0.3 is 15.1 Å². The molecule has 1 aliphatic heterocycles. The molecule has 2 aromatic rings. The lowest BCUT2D eigenvalue weighted by molar-refractivity contribution is -0.321. The van der Waals surface area contributed by atoms with Crippen molar-refractivity contribution in [1.29, 1.82) is 0 Å². The number of halogens is 6. The van der Waals surface area contributed by atoms with E-state index in [2.05, 4.69) is 20.0 Å². The second-order valence-corrected chi connectivity index (χ2v) is 6.53. The van der Waals surface area contributed by atoms with E-state index >= 15 is 0 Å². The van der Waals surface area contributed by atoms with E-state index in [4.69, 9.17) is 0 Å². The van der Waals surface area contributed by atoms with Crippen LogP contribution in [0.4, 0.5) is 43.7 Å². The Morgan fingerprint density at radius 2 is 1.58 bits per heavy atom. The molecule has 0 unspecified atom stereocenters. The van der Waals surface area contributed by atoms with Crippen molar-refractivity contribution in [3.63, 3.8) is 0 Å². The largest absolute Gasteiger partial charge is 0.523 e. The quantitative estimate of drug-likeness (QED) is 0.706. The first-order valence-corrected chi connectivity index (χ1v) is 9.01. The monoisotopic (exact) mass is 449 g/mol. The van der Waals surface area contributed by atoms with Crippen LogP contribution in [0.5, 0.6) is 0 Å². The highest BCUT2D eigenvalue weighted by molar-refractivity contribution is 5.78. The van der Waals surface area contributed by atoms with Crippen molar-refractivity contribution in [3.05, 3.63) is 42.2 Å². The van der Waals surface area contributed by atoms with Crippen LogP contribution in [0.3, 0.4) is 0 Å². The summed E-state index contributed by atoms with van der Waals surface area (Å²) < 4.78 is 78.0. The highest BCUT2D eigenvalue weighted by Crippen LogP contribution is 2.31. The maximum Gasteiger partial charge on any atom is 0.523 e. The van der Waals surface area contributed by atoms with Crippen LogP contribution in [0.15, 0.2) is 36.7 Å². The average molecular weight is 449 g/mol. The van der Waals surface area contributed by atoms with E-state index in [0.717, 1.165) is 12.1 Å². The first kappa shape index (κ1) is 22.6. The van der Waals surface area contributed by atoms with Crippen LogP contribution < -0.4 is 10.2 Å². The van der Waals surface area contributed by atoms with Gasteiger partial charge in [-0.3, -0.25) is 9.53 Å².